The van der Waals surface area contributed by atoms with Crippen molar-refractivity contribution in [3.63, 3.8) is 0 Å². The molecule has 0 radical (unpaired) electrons. The molecule has 0 fully saturated rings. The molecule has 3 nitrogen and oxygen atoms in total. The minimum Gasteiger partial charge on any atom is -0.494 e. The third-order valence-electron chi connectivity index (χ3n) is 2.73. The van der Waals surface area contributed by atoms with E-state index in [2.05, 4.69) is 25.1 Å². The molecule has 1 unspecified atom stereocenters. The summed E-state index contributed by atoms with van der Waals surface area (Å²) in [4.78, 5) is 2.16. The van der Waals surface area contributed by atoms with E-state index in [0.717, 1.165) is 12.2 Å². The van der Waals surface area contributed by atoms with E-state index in [0.29, 0.717) is 19.2 Å². The second-order valence-electron chi connectivity index (χ2n) is 4.10. The predicted molar refractivity (Wildman–Crippen MR) is 67.8 cm³/mol. The van der Waals surface area contributed by atoms with E-state index in [1.165, 1.54) is 5.56 Å². The van der Waals surface area contributed by atoms with Crippen molar-refractivity contribution in [3.8, 4) is 5.75 Å². The van der Waals surface area contributed by atoms with Gasteiger partial charge in [0.05, 0.1) is 6.61 Å². The van der Waals surface area contributed by atoms with Gasteiger partial charge in [0.1, 0.15) is 5.75 Å². The number of rotatable bonds is 6. The van der Waals surface area contributed by atoms with Crippen LogP contribution in [0.4, 0.5) is 0 Å². The second-order valence-corrected chi connectivity index (χ2v) is 4.10. The van der Waals surface area contributed by atoms with Crippen LogP contribution in [-0.2, 0) is 6.42 Å². The number of nitrogens with two attached hydrogens (primary N) is 1. The Morgan fingerprint density at radius 3 is 2.56 bits per heavy atom. The van der Waals surface area contributed by atoms with Gasteiger partial charge in [0, 0.05) is 12.6 Å². The SMILES string of the molecule is CCOc1ccccc1CC(CN)N(C)C. The zero-order chi connectivity index (χ0) is 12.0. The fourth-order valence-electron chi connectivity index (χ4n) is 1.70. The second kappa shape index (κ2) is 6.51. The third kappa shape index (κ3) is 3.51. The van der Waals surface area contributed by atoms with Crippen LogP contribution in [0.25, 0.3) is 0 Å². The molecule has 3 heteroatoms. The monoisotopic (exact) mass is 222 g/mol. The zero-order valence-electron chi connectivity index (χ0n) is 10.4. The zero-order valence-corrected chi connectivity index (χ0v) is 10.4. The van der Waals surface area contributed by atoms with E-state index in [1.807, 2.05) is 25.1 Å². The van der Waals surface area contributed by atoms with Gasteiger partial charge in [-0.25, -0.2) is 0 Å². The van der Waals surface area contributed by atoms with Crippen molar-refractivity contribution in [2.24, 2.45) is 5.73 Å². The Morgan fingerprint density at radius 1 is 1.31 bits per heavy atom. The van der Waals surface area contributed by atoms with E-state index >= 15 is 0 Å². The maximum absolute atomic E-state index is 5.76. The van der Waals surface area contributed by atoms with Crippen LogP contribution in [0.5, 0.6) is 5.75 Å². The number of benzene rings is 1. The normalized spacial score (nSPS) is 12.8. The van der Waals surface area contributed by atoms with E-state index < -0.39 is 0 Å². The molecule has 0 bridgehead atoms. The van der Waals surface area contributed by atoms with Crippen LogP contribution in [0.3, 0.4) is 0 Å². The summed E-state index contributed by atoms with van der Waals surface area (Å²) < 4.78 is 5.60. The number of likely N-dealkylation sites (N-methyl/N-ethyl adjacent to an activating group) is 1. The van der Waals surface area contributed by atoms with Crippen LogP contribution in [0.15, 0.2) is 24.3 Å². The van der Waals surface area contributed by atoms with Crippen LogP contribution >= 0.6 is 0 Å². The lowest BCUT2D eigenvalue weighted by Crippen LogP contribution is -2.36. The molecule has 2 N–H and O–H groups in total. The first kappa shape index (κ1) is 13.0. The Morgan fingerprint density at radius 2 is 2.00 bits per heavy atom. The van der Waals surface area contributed by atoms with E-state index in [-0.39, 0.29) is 0 Å². The van der Waals surface area contributed by atoms with E-state index in [1.54, 1.807) is 0 Å². The molecule has 1 atom stereocenters. The highest BCUT2D eigenvalue weighted by molar-refractivity contribution is 5.34. The number of hydrogen-bond donors (Lipinski definition) is 1. The molecule has 90 valence electrons. The first-order valence-electron chi connectivity index (χ1n) is 5.76. The molecule has 1 aromatic rings. The van der Waals surface area contributed by atoms with Crippen LogP contribution in [0.2, 0.25) is 0 Å². The van der Waals surface area contributed by atoms with Crippen LogP contribution in [0.1, 0.15) is 12.5 Å². The maximum Gasteiger partial charge on any atom is 0.122 e. The first-order valence-corrected chi connectivity index (χ1v) is 5.76. The number of ether oxygens (including phenoxy) is 1. The lowest BCUT2D eigenvalue weighted by molar-refractivity contribution is 0.290. The highest BCUT2D eigenvalue weighted by Crippen LogP contribution is 2.20. The summed E-state index contributed by atoms with van der Waals surface area (Å²) in [5, 5.41) is 0. The molecule has 0 amide bonds. The Balaban J connectivity index is 2.78. The number of hydrogen-bond acceptors (Lipinski definition) is 3. The van der Waals surface area contributed by atoms with Crippen molar-refractivity contribution in [3.05, 3.63) is 29.8 Å². The van der Waals surface area contributed by atoms with Gasteiger partial charge in [0.15, 0.2) is 0 Å². The summed E-state index contributed by atoms with van der Waals surface area (Å²) in [5.74, 6) is 0.977. The lowest BCUT2D eigenvalue weighted by atomic mass is 10.0. The van der Waals surface area contributed by atoms with E-state index in [9.17, 15) is 0 Å². The van der Waals surface area contributed by atoms with Gasteiger partial charge in [-0.3, -0.25) is 0 Å². The fourth-order valence-corrected chi connectivity index (χ4v) is 1.70. The highest BCUT2D eigenvalue weighted by Gasteiger charge is 2.12. The molecule has 0 saturated carbocycles. The summed E-state index contributed by atoms with van der Waals surface area (Å²) >= 11 is 0. The van der Waals surface area contributed by atoms with Crippen LogP contribution < -0.4 is 10.5 Å². The van der Waals surface area contributed by atoms with Gasteiger partial charge >= 0.3 is 0 Å². The summed E-state index contributed by atoms with van der Waals surface area (Å²) in [6.45, 7) is 3.36. The quantitative estimate of drug-likeness (QED) is 0.793. The van der Waals surface area contributed by atoms with Crippen LogP contribution in [-0.4, -0.2) is 38.2 Å². The van der Waals surface area contributed by atoms with Crippen molar-refractivity contribution in [2.45, 2.75) is 19.4 Å². The standard InChI is InChI=1S/C13H22N2O/c1-4-16-13-8-6-5-7-11(13)9-12(10-14)15(2)3/h5-8,12H,4,9-10,14H2,1-3H3. The number of nitrogens with zero attached hydrogens (tertiary/aromatic N) is 1. The molecule has 0 aromatic heterocycles. The fraction of sp³-hybridized carbons (Fsp3) is 0.538. The molecule has 0 heterocycles. The first-order chi connectivity index (χ1) is 7.69. The minimum absolute atomic E-state index is 0.363. The van der Waals surface area contributed by atoms with Crippen molar-refractivity contribution in [1.29, 1.82) is 0 Å². The van der Waals surface area contributed by atoms with E-state index in [4.69, 9.17) is 10.5 Å². The van der Waals surface area contributed by atoms with Gasteiger partial charge in [0.2, 0.25) is 0 Å². The summed E-state index contributed by atoms with van der Waals surface area (Å²) in [5.41, 5.74) is 6.99. The molecule has 1 rings (SSSR count). The third-order valence-corrected chi connectivity index (χ3v) is 2.73. The van der Waals surface area contributed by atoms with Crippen molar-refractivity contribution >= 4 is 0 Å². The maximum atomic E-state index is 5.76. The average molecular weight is 222 g/mol. The molecule has 0 aliphatic rings. The van der Waals surface area contributed by atoms with Gasteiger partial charge in [-0.15, -0.1) is 0 Å². The molecule has 0 saturated heterocycles. The van der Waals surface area contributed by atoms with Gasteiger partial charge in [0.25, 0.3) is 0 Å². The smallest absolute Gasteiger partial charge is 0.122 e. The topological polar surface area (TPSA) is 38.5 Å². The minimum atomic E-state index is 0.363. The summed E-state index contributed by atoms with van der Waals surface area (Å²) in [6, 6.07) is 8.53. The van der Waals surface area contributed by atoms with Crippen molar-refractivity contribution < 1.29 is 4.74 Å². The molecule has 0 spiro atoms. The van der Waals surface area contributed by atoms with Gasteiger partial charge < -0.3 is 15.4 Å². The highest BCUT2D eigenvalue weighted by atomic mass is 16.5. The van der Waals surface area contributed by atoms with Crippen molar-refractivity contribution in [1.82, 2.24) is 4.90 Å². The summed E-state index contributed by atoms with van der Waals surface area (Å²) in [6.07, 6.45) is 0.930. The predicted octanol–water partition coefficient (Wildman–Crippen LogP) is 1.52. The largest absolute Gasteiger partial charge is 0.494 e. The summed E-state index contributed by atoms with van der Waals surface area (Å²) in [7, 11) is 4.11. The Kier molecular flexibility index (Phi) is 5.29. The van der Waals surface area contributed by atoms with Gasteiger partial charge in [-0.05, 0) is 39.1 Å². The van der Waals surface area contributed by atoms with Crippen molar-refractivity contribution in [2.75, 3.05) is 27.2 Å². The molecule has 0 aliphatic heterocycles. The van der Waals surface area contributed by atoms with Gasteiger partial charge in [-0.2, -0.15) is 0 Å². The lowest BCUT2D eigenvalue weighted by Gasteiger charge is -2.23. The molecular formula is C13H22N2O. The molecule has 0 aliphatic carbocycles. The molecular weight excluding hydrogens is 200 g/mol. The van der Waals surface area contributed by atoms with Crippen LogP contribution in [0, 0.1) is 0 Å². The molecule has 16 heavy (non-hydrogen) atoms. The number of para-hydroxylation sites is 1. The Bertz CT molecular complexity index is 313. The average Bonchev–Trinajstić information content (AvgIpc) is 2.27. The van der Waals surface area contributed by atoms with Gasteiger partial charge in [-0.1, -0.05) is 18.2 Å². The Labute approximate surface area is 98.2 Å². The Hall–Kier alpha value is -1.06. The molecule has 1 aromatic carbocycles.